The van der Waals surface area contributed by atoms with Gasteiger partial charge in [0.2, 0.25) is 0 Å². The van der Waals surface area contributed by atoms with Crippen LogP contribution in [0, 0.1) is 0 Å². The Labute approximate surface area is 138 Å². The van der Waals surface area contributed by atoms with Gasteiger partial charge in [-0.3, -0.25) is 9.59 Å². The Kier molecular flexibility index (Phi) is 5.05. The number of thiophene rings is 1. The van der Waals surface area contributed by atoms with E-state index in [1.807, 2.05) is 5.38 Å². The number of carbonyl (C=O) groups is 2. The van der Waals surface area contributed by atoms with Crippen molar-refractivity contribution >= 4 is 28.8 Å². The van der Waals surface area contributed by atoms with Gasteiger partial charge < -0.3 is 15.4 Å². The lowest BCUT2D eigenvalue weighted by Crippen LogP contribution is -2.32. The molecule has 1 aliphatic rings. The Morgan fingerprint density at radius 3 is 2.83 bits per heavy atom. The summed E-state index contributed by atoms with van der Waals surface area (Å²) in [4.78, 5) is 24.5. The molecule has 1 aliphatic heterocycles. The van der Waals surface area contributed by atoms with Gasteiger partial charge in [-0.2, -0.15) is 11.3 Å². The molecule has 1 saturated heterocycles. The molecule has 0 bridgehead atoms. The summed E-state index contributed by atoms with van der Waals surface area (Å²) in [6, 6.07) is 8.75. The fraction of sp³-hybridized carbons (Fsp3) is 0.294. The predicted octanol–water partition coefficient (Wildman–Crippen LogP) is 2.91. The average Bonchev–Trinajstić information content (AvgIpc) is 3.26. The van der Waals surface area contributed by atoms with Gasteiger partial charge in [-0.05, 0) is 36.4 Å². The molecule has 2 heterocycles. The minimum atomic E-state index is -0.217. The van der Waals surface area contributed by atoms with Crippen molar-refractivity contribution in [2.45, 2.75) is 18.9 Å². The summed E-state index contributed by atoms with van der Waals surface area (Å²) < 4.78 is 5.50. The monoisotopic (exact) mass is 330 g/mol. The zero-order chi connectivity index (χ0) is 16.1. The summed E-state index contributed by atoms with van der Waals surface area (Å²) >= 11 is 1.46. The van der Waals surface area contributed by atoms with Gasteiger partial charge in [-0.15, -0.1) is 0 Å². The predicted molar refractivity (Wildman–Crippen MR) is 90.0 cm³/mol. The number of para-hydroxylation sites is 1. The van der Waals surface area contributed by atoms with Crippen LogP contribution >= 0.6 is 11.3 Å². The van der Waals surface area contributed by atoms with Crippen LogP contribution in [0.1, 0.15) is 33.6 Å². The van der Waals surface area contributed by atoms with E-state index in [1.54, 1.807) is 35.7 Å². The minimum absolute atomic E-state index is 0.0894. The minimum Gasteiger partial charge on any atom is -0.376 e. The van der Waals surface area contributed by atoms with Crippen LogP contribution in [0.25, 0.3) is 0 Å². The fourth-order valence-corrected chi connectivity index (χ4v) is 3.12. The third-order valence-electron chi connectivity index (χ3n) is 3.72. The first kappa shape index (κ1) is 15.7. The third kappa shape index (κ3) is 3.97. The molecule has 0 unspecified atom stereocenters. The number of rotatable bonds is 5. The molecule has 0 aliphatic carbocycles. The Balaban J connectivity index is 1.67. The molecule has 6 heteroatoms. The maximum absolute atomic E-state index is 12.4. The number of nitrogens with one attached hydrogen (secondary N) is 2. The van der Waals surface area contributed by atoms with E-state index >= 15 is 0 Å². The molecule has 2 amide bonds. The summed E-state index contributed by atoms with van der Waals surface area (Å²) in [5.74, 6) is -0.424. The van der Waals surface area contributed by atoms with Crippen LogP contribution in [0.2, 0.25) is 0 Å². The molecule has 1 fully saturated rings. The van der Waals surface area contributed by atoms with E-state index in [0.717, 1.165) is 19.4 Å². The molecule has 2 N–H and O–H groups in total. The number of carbonyl (C=O) groups excluding carboxylic acids is 2. The van der Waals surface area contributed by atoms with Crippen molar-refractivity contribution in [3.05, 3.63) is 52.2 Å². The van der Waals surface area contributed by atoms with E-state index < -0.39 is 0 Å². The fourth-order valence-electron chi connectivity index (χ4n) is 2.49. The highest BCUT2D eigenvalue weighted by Crippen LogP contribution is 2.18. The topological polar surface area (TPSA) is 67.4 Å². The van der Waals surface area contributed by atoms with Gasteiger partial charge in [0.05, 0.1) is 22.9 Å². The van der Waals surface area contributed by atoms with Crippen molar-refractivity contribution in [1.82, 2.24) is 5.32 Å². The van der Waals surface area contributed by atoms with E-state index in [2.05, 4.69) is 10.6 Å². The molecule has 2 aromatic rings. The quantitative estimate of drug-likeness (QED) is 0.886. The lowest BCUT2D eigenvalue weighted by molar-refractivity contribution is 0.0858. The van der Waals surface area contributed by atoms with Crippen molar-refractivity contribution in [3.63, 3.8) is 0 Å². The zero-order valence-corrected chi connectivity index (χ0v) is 13.4. The van der Waals surface area contributed by atoms with Gasteiger partial charge >= 0.3 is 0 Å². The van der Waals surface area contributed by atoms with Crippen LogP contribution < -0.4 is 10.6 Å². The molecule has 5 nitrogen and oxygen atoms in total. The largest absolute Gasteiger partial charge is 0.376 e. The second-order valence-corrected chi connectivity index (χ2v) is 6.14. The SMILES string of the molecule is O=C(Nc1ccccc1C(=O)NC[C@H]1CCCO1)c1ccsc1. The first-order chi connectivity index (χ1) is 11.2. The van der Waals surface area contributed by atoms with Gasteiger partial charge in [-0.1, -0.05) is 12.1 Å². The summed E-state index contributed by atoms with van der Waals surface area (Å²) in [6.07, 6.45) is 2.09. The number of benzene rings is 1. The maximum atomic E-state index is 12.4. The molecule has 3 rings (SSSR count). The second-order valence-electron chi connectivity index (χ2n) is 5.36. The van der Waals surface area contributed by atoms with Crippen LogP contribution in [0.5, 0.6) is 0 Å². The highest BCUT2D eigenvalue weighted by Gasteiger charge is 2.18. The molecule has 23 heavy (non-hydrogen) atoms. The lowest BCUT2D eigenvalue weighted by atomic mass is 10.1. The zero-order valence-electron chi connectivity index (χ0n) is 12.6. The molecular formula is C17H18N2O3S. The highest BCUT2D eigenvalue weighted by molar-refractivity contribution is 7.08. The second kappa shape index (κ2) is 7.39. The van der Waals surface area contributed by atoms with E-state index in [0.29, 0.717) is 23.4 Å². The molecule has 1 aromatic heterocycles. The Bertz CT molecular complexity index is 679. The standard InChI is InChI=1S/C17H18N2O3S/c20-16(12-7-9-23-11-12)19-15-6-2-1-5-14(15)17(21)18-10-13-4-3-8-22-13/h1-2,5-7,9,11,13H,3-4,8,10H2,(H,18,21)(H,19,20)/t13-/m1/s1. The average molecular weight is 330 g/mol. The van der Waals surface area contributed by atoms with Gasteiger partial charge in [0.25, 0.3) is 11.8 Å². The summed E-state index contributed by atoms with van der Waals surface area (Å²) in [7, 11) is 0. The van der Waals surface area contributed by atoms with Crippen LogP contribution in [0.3, 0.4) is 0 Å². The van der Waals surface area contributed by atoms with E-state index in [-0.39, 0.29) is 17.9 Å². The summed E-state index contributed by atoms with van der Waals surface area (Å²) in [5.41, 5.74) is 1.55. The number of hydrogen-bond donors (Lipinski definition) is 2. The first-order valence-corrected chi connectivity index (χ1v) is 8.50. The first-order valence-electron chi connectivity index (χ1n) is 7.56. The van der Waals surface area contributed by atoms with E-state index in [1.165, 1.54) is 11.3 Å². The van der Waals surface area contributed by atoms with Crippen LogP contribution in [-0.2, 0) is 4.74 Å². The van der Waals surface area contributed by atoms with Crippen molar-refractivity contribution in [1.29, 1.82) is 0 Å². The van der Waals surface area contributed by atoms with Crippen LogP contribution in [0.4, 0.5) is 5.69 Å². The van der Waals surface area contributed by atoms with Gasteiger partial charge in [0.15, 0.2) is 0 Å². The van der Waals surface area contributed by atoms with Crippen LogP contribution in [-0.4, -0.2) is 31.1 Å². The van der Waals surface area contributed by atoms with Crippen molar-refractivity contribution in [2.24, 2.45) is 0 Å². The molecule has 1 atom stereocenters. The van der Waals surface area contributed by atoms with Gasteiger partial charge in [-0.25, -0.2) is 0 Å². The van der Waals surface area contributed by atoms with Crippen molar-refractivity contribution < 1.29 is 14.3 Å². The molecular weight excluding hydrogens is 312 g/mol. The Morgan fingerprint density at radius 2 is 2.09 bits per heavy atom. The smallest absolute Gasteiger partial charge is 0.256 e. The molecule has 1 aromatic carbocycles. The van der Waals surface area contributed by atoms with Crippen molar-refractivity contribution in [2.75, 3.05) is 18.5 Å². The number of amides is 2. The Morgan fingerprint density at radius 1 is 1.22 bits per heavy atom. The maximum Gasteiger partial charge on any atom is 0.256 e. The molecule has 120 valence electrons. The van der Waals surface area contributed by atoms with Gasteiger partial charge in [0.1, 0.15) is 0 Å². The summed E-state index contributed by atoms with van der Waals surface area (Å²) in [6.45, 7) is 1.25. The Hall–Kier alpha value is -2.18. The number of anilines is 1. The van der Waals surface area contributed by atoms with Gasteiger partial charge in [0, 0.05) is 18.5 Å². The van der Waals surface area contributed by atoms with E-state index in [4.69, 9.17) is 4.74 Å². The molecule has 0 radical (unpaired) electrons. The number of hydrogen-bond acceptors (Lipinski definition) is 4. The third-order valence-corrected chi connectivity index (χ3v) is 4.40. The molecule has 0 spiro atoms. The van der Waals surface area contributed by atoms with Crippen molar-refractivity contribution in [3.8, 4) is 0 Å². The normalized spacial score (nSPS) is 17.0. The van der Waals surface area contributed by atoms with Crippen LogP contribution in [0.15, 0.2) is 41.1 Å². The number of ether oxygens (including phenoxy) is 1. The lowest BCUT2D eigenvalue weighted by Gasteiger charge is -2.13. The van der Waals surface area contributed by atoms with E-state index in [9.17, 15) is 9.59 Å². The molecule has 0 saturated carbocycles. The summed E-state index contributed by atoms with van der Waals surface area (Å²) in [5, 5.41) is 9.29. The highest BCUT2D eigenvalue weighted by atomic mass is 32.1.